The van der Waals surface area contributed by atoms with Gasteiger partial charge in [0.05, 0.1) is 12.9 Å². The van der Waals surface area contributed by atoms with Gasteiger partial charge in [-0.3, -0.25) is 19.6 Å². The van der Waals surface area contributed by atoms with Gasteiger partial charge in [0, 0.05) is 42.2 Å². The highest BCUT2D eigenvalue weighted by atomic mass is 16.5. The quantitative estimate of drug-likeness (QED) is 0.115. The topological polar surface area (TPSA) is 137 Å². The van der Waals surface area contributed by atoms with Gasteiger partial charge in [-0.1, -0.05) is 30.0 Å². The van der Waals surface area contributed by atoms with Crippen molar-refractivity contribution in [2.75, 3.05) is 19.6 Å². The Bertz CT molecular complexity index is 1230. The van der Waals surface area contributed by atoms with Crippen molar-refractivity contribution >= 4 is 17.7 Å². The molecule has 1 aromatic heterocycles. The Morgan fingerprint density at radius 1 is 1.03 bits per heavy atom. The number of hydrogen-bond donors (Lipinski definition) is 5. The van der Waals surface area contributed by atoms with Gasteiger partial charge in [0.25, 0.3) is 11.8 Å². The van der Waals surface area contributed by atoms with Crippen LogP contribution in [0.1, 0.15) is 34.8 Å². The maximum absolute atomic E-state index is 12.8. The van der Waals surface area contributed by atoms with E-state index in [-0.39, 0.29) is 19.0 Å². The fourth-order valence-electron chi connectivity index (χ4n) is 3.34. The van der Waals surface area contributed by atoms with Gasteiger partial charge in [0.15, 0.2) is 0 Å². The summed E-state index contributed by atoms with van der Waals surface area (Å²) in [5, 5.41) is 17.4. The number of aromatic nitrogens is 2. The standard InChI is InChI=1S/C27H30N6O4/c1-27(26(36)32-37,19-30-24(34)18-28-14-5-16-33-17-15-29-20-33)31-25(35)23-12-10-22(11-13-23)9-8-21-6-3-2-4-7-21/h2-4,6-7,10-13,15,17,20,28,37H,5,14,16,18-19H2,1H3,(H,30,34)(H,31,35)(H,32,36). The Balaban J connectivity index is 1.50. The highest BCUT2D eigenvalue weighted by Gasteiger charge is 2.35. The fourth-order valence-corrected chi connectivity index (χ4v) is 3.34. The minimum Gasteiger partial charge on any atom is -0.352 e. The maximum atomic E-state index is 12.8. The van der Waals surface area contributed by atoms with Gasteiger partial charge in [0.2, 0.25) is 5.91 Å². The highest BCUT2D eigenvalue weighted by Crippen LogP contribution is 2.09. The summed E-state index contributed by atoms with van der Waals surface area (Å²) in [4.78, 5) is 41.4. The number of nitrogens with zero attached hydrogens (tertiary/aromatic N) is 2. The molecule has 1 unspecified atom stereocenters. The number of benzene rings is 2. The molecule has 3 amide bonds. The molecule has 5 N–H and O–H groups in total. The molecule has 2 aromatic carbocycles. The molecule has 0 aliphatic carbocycles. The Morgan fingerprint density at radius 2 is 1.73 bits per heavy atom. The van der Waals surface area contributed by atoms with E-state index in [0.29, 0.717) is 12.1 Å². The van der Waals surface area contributed by atoms with E-state index in [9.17, 15) is 19.6 Å². The van der Waals surface area contributed by atoms with Crippen molar-refractivity contribution in [2.24, 2.45) is 0 Å². The van der Waals surface area contributed by atoms with Gasteiger partial charge in [-0.05, 0) is 56.3 Å². The van der Waals surface area contributed by atoms with Crippen LogP contribution in [0.15, 0.2) is 73.3 Å². The predicted molar refractivity (Wildman–Crippen MR) is 137 cm³/mol. The van der Waals surface area contributed by atoms with Crippen LogP contribution in [0.25, 0.3) is 0 Å². The molecule has 3 rings (SSSR count). The molecule has 0 bridgehead atoms. The molecule has 1 heterocycles. The van der Waals surface area contributed by atoms with Crippen molar-refractivity contribution in [1.29, 1.82) is 0 Å². The summed E-state index contributed by atoms with van der Waals surface area (Å²) < 4.78 is 1.94. The van der Waals surface area contributed by atoms with Gasteiger partial charge in [-0.2, -0.15) is 0 Å². The summed E-state index contributed by atoms with van der Waals surface area (Å²) in [7, 11) is 0. The van der Waals surface area contributed by atoms with Crippen LogP contribution in [0.5, 0.6) is 0 Å². The molecule has 0 fully saturated rings. The average molecular weight is 503 g/mol. The first-order valence-electron chi connectivity index (χ1n) is 11.8. The number of carbonyl (C=O) groups is 3. The zero-order valence-corrected chi connectivity index (χ0v) is 20.5. The lowest BCUT2D eigenvalue weighted by Gasteiger charge is -2.28. The molecule has 1 atom stereocenters. The number of aryl methyl sites for hydroxylation is 1. The van der Waals surface area contributed by atoms with Crippen LogP contribution < -0.4 is 21.4 Å². The normalized spacial score (nSPS) is 11.9. The highest BCUT2D eigenvalue weighted by molar-refractivity contribution is 5.99. The Morgan fingerprint density at radius 3 is 2.38 bits per heavy atom. The van der Waals surface area contributed by atoms with Gasteiger partial charge in [0.1, 0.15) is 5.54 Å². The lowest BCUT2D eigenvalue weighted by molar-refractivity contribution is -0.135. The van der Waals surface area contributed by atoms with E-state index < -0.39 is 17.4 Å². The molecule has 0 saturated carbocycles. The van der Waals surface area contributed by atoms with Crippen molar-refractivity contribution in [3.8, 4) is 11.8 Å². The molecule has 192 valence electrons. The van der Waals surface area contributed by atoms with E-state index in [1.165, 1.54) is 6.92 Å². The lowest BCUT2D eigenvalue weighted by atomic mass is 10.00. The third kappa shape index (κ3) is 8.61. The van der Waals surface area contributed by atoms with Gasteiger partial charge in [-0.25, -0.2) is 10.5 Å². The van der Waals surface area contributed by atoms with E-state index in [4.69, 9.17) is 0 Å². The second-order valence-corrected chi connectivity index (χ2v) is 8.53. The zero-order valence-electron chi connectivity index (χ0n) is 20.5. The number of rotatable bonds is 11. The van der Waals surface area contributed by atoms with Crippen molar-refractivity contribution < 1.29 is 19.6 Å². The van der Waals surface area contributed by atoms with Crippen molar-refractivity contribution in [3.63, 3.8) is 0 Å². The first-order valence-corrected chi connectivity index (χ1v) is 11.8. The van der Waals surface area contributed by atoms with E-state index in [1.54, 1.807) is 42.3 Å². The second kappa shape index (κ2) is 13.6. The summed E-state index contributed by atoms with van der Waals surface area (Å²) in [5.74, 6) is 4.32. The van der Waals surface area contributed by atoms with Crippen LogP contribution >= 0.6 is 0 Å². The molecule has 0 spiro atoms. The number of amides is 3. The number of imidazole rings is 1. The molecule has 0 saturated heterocycles. The molecule has 0 aliphatic rings. The van der Waals surface area contributed by atoms with Crippen LogP contribution in [0.4, 0.5) is 0 Å². The summed E-state index contributed by atoms with van der Waals surface area (Å²) in [6.45, 7) is 2.62. The second-order valence-electron chi connectivity index (χ2n) is 8.53. The van der Waals surface area contributed by atoms with Gasteiger partial charge in [-0.15, -0.1) is 0 Å². The third-order valence-corrected chi connectivity index (χ3v) is 5.52. The summed E-state index contributed by atoms with van der Waals surface area (Å²) in [6, 6.07) is 16.1. The molecular weight excluding hydrogens is 472 g/mol. The Labute approximate surface area is 215 Å². The monoisotopic (exact) mass is 502 g/mol. The van der Waals surface area contributed by atoms with Crippen LogP contribution in [0.2, 0.25) is 0 Å². The van der Waals surface area contributed by atoms with E-state index in [1.807, 2.05) is 41.1 Å². The predicted octanol–water partition coefficient (Wildman–Crippen LogP) is 1.07. The van der Waals surface area contributed by atoms with E-state index >= 15 is 0 Å². The molecule has 0 radical (unpaired) electrons. The minimum atomic E-state index is -1.59. The van der Waals surface area contributed by atoms with Crippen molar-refractivity contribution in [2.45, 2.75) is 25.4 Å². The maximum Gasteiger partial charge on any atom is 0.270 e. The van der Waals surface area contributed by atoms with Gasteiger partial charge < -0.3 is 20.5 Å². The minimum absolute atomic E-state index is 0.0418. The molecular formula is C27H30N6O4. The molecule has 3 aromatic rings. The van der Waals surface area contributed by atoms with Crippen LogP contribution in [0.3, 0.4) is 0 Å². The first kappa shape index (κ1) is 27.1. The number of hydrogen-bond acceptors (Lipinski definition) is 6. The SMILES string of the molecule is CC(CNC(=O)CNCCCn1ccnc1)(NC(=O)c1ccc(C#Cc2ccccc2)cc1)C(=O)NO. The number of nitrogens with one attached hydrogen (secondary N) is 4. The number of hydroxylamine groups is 1. The van der Waals surface area contributed by atoms with Crippen LogP contribution in [0, 0.1) is 11.8 Å². The zero-order chi connectivity index (χ0) is 26.5. The summed E-state index contributed by atoms with van der Waals surface area (Å²) in [5.41, 5.74) is 1.87. The summed E-state index contributed by atoms with van der Waals surface area (Å²) >= 11 is 0. The third-order valence-electron chi connectivity index (χ3n) is 5.52. The average Bonchev–Trinajstić information content (AvgIpc) is 3.44. The Hall–Kier alpha value is -4.46. The molecule has 0 aliphatic heterocycles. The largest absolute Gasteiger partial charge is 0.352 e. The smallest absolute Gasteiger partial charge is 0.270 e. The lowest BCUT2D eigenvalue weighted by Crippen LogP contribution is -2.62. The van der Waals surface area contributed by atoms with E-state index in [0.717, 1.165) is 24.1 Å². The fraction of sp³-hybridized carbons (Fsp3) is 0.259. The molecule has 10 heteroatoms. The summed E-state index contributed by atoms with van der Waals surface area (Å²) in [6.07, 6.45) is 6.10. The first-order chi connectivity index (χ1) is 17.9. The molecule has 10 nitrogen and oxygen atoms in total. The van der Waals surface area contributed by atoms with Crippen molar-refractivity contribution in [1.82, 2.24) is 31.0 Å². The van der Waals surface area contributed by atoms with Crippen LogP contribution in [-0.2, 0) is 16.1 Å². The van der Waals surface area contributed by atoms with Gasteiger partial charge >= 0.3 is 0 Å². The van der Waals surface area contributed by atoms with Crippen molar-refractivity contribution in [3.05, 3.63) is 90.0 Å². The molecule has 37 heavy (non-hydrogen) atoms. The Kier molecular flexibility index (Phi) is 9.96. The van der Waals surface area contributed by atoms with E-state index in [2.05, 4.69) is 32.8 Å². The number of carbonyl (C=O) groups excluding carboxylic acids is 3. The van der Waals surface area contributed by atoms with Crippen LogP contribution in [-0.4, -0.2) is 57.7 Å².